The van der Waals surface area contributed by atoms with Crippen molar-refractivity contribution >= 4 is 23.3 Å². The third kappa shape index (κ3) is 5.56. The van der Waals surface area contributed by atoms with Gasteiger partial charge in [-0.15, -0.1) is 11.3 Å². The second-order valence-electron chi connectivity index (χ2n) is 4.66. The fraction of sp³-hybridized carbons (Fsp3) is 0.615. The first kappa shape index (κ1) is 16.4. The Morgan fingerprint density at radius 1 is 1.35 bits per heavy atom. The fourth-order valence-electron chi connectivity index (χ4n) is 1.87. The van der Waals surface area contributed by atoms with Crippen LogP contribution in [0.5, 0.6) is 0 Å². The lowest BCUT2D eigenvalue weighted by Crippen LogP contribution is -2.37. The van der Waals surface area contributed by atoms with E-state index >= 15 is 0 Å². The normalized spacial score (nSPS) is 11.9. The predicted molar refractivity (Wildman–Crippen MR) is 78.0 cm³/mol. The highest BCUT2D eigenvalue weighted by Crippen LogP contribution is 2.24. The molecule has 1 rings (SSSR count). The zero-order valence-corrected chi connectivity index (χ0v) is 12.8. The number of carboxylic acid groups (broad SMARTS) is 1. The lowest BCUT2D eigenvalue weighted by Gasteiger charge is -2.13. The molecule has 0 aliphatic carbocycles. The van der Waals surface area contributed by atoms with Crippen LogP contribution < -0.4 is 10.6 Å². The van der Waals surface area contributed by atoms with E-state index in [4.69, 9.17) is 5.11 Å². The lowest BCUT2D eigenvalue weighted by molar-refractivity contribution is -0.137. The van der Waals surface area contributed by atoms with Crippen LogP contribution in [0, 0.1) is 13.8 Å². The Balaban J connectivity index is 2.28. The second-order valence-corrected chi connectivity index (χ2v) is 5.89. The van der Waals surface area contributed by atoms with Crippen molar-refractivity contribution in [1.29, 1.82) is 0 Å². The molecule has 0 spiro atoms. The standard InChI is InChI=1S/C13H21N3O3S/c1-8-12(20-10(3)15-8)9(2)16-13(19)14-7-5-4-6-11(17)18/h9H,4-7H2,1-3H3,(H,17,18)(H2,14,16,19). The monoisotopic (exact) mass is 299 g/mol. The first-order chi connectivity index (χ1) is 9.40. The van der Waals surface area contributed by atoms with E-state index in [9.17, 15) is 9.59 Å². The molecule has 0 aromatic carbocycles. The number of thiazole rings is 1. The molecule has 1 atom stereocenters. The van der Waals surface area contributed by atoms with Crippen LogP contribution in [0.3, 0.4) is 0 Å². The Hall–Kier alpha value is -1.63. The molecule has 112 valence electrons. The lowest BCUT2D eigenvalue weighted by atomic mass is 10.2. The van der Waals surface area contributed by atoms with Gasteiger partial charge in [0, 0.05) is 17.8 Å². The minimum atomic E-state index is -0.806. The quantitative estimate of drug-likeness (QED) is 0.674. The maximum atomic E-state index is 11.7. The highest BCUT2D eigenvalue weighted by atomic mass is 32.1. The summed E-state index contributed by atoms with van der Waals surface area (Å²) in [5.74, 6) is -0.806. The highest BCUT2D eigenvalue weighted by Gasteiger charge is 2.14. The number of carbonyl (C=O) groups excluding carboxylic acids is 1. The Kier molecular flexibility index (Phi) is 6.44. The fourth-order valence-corrected chi connectivity index (χ4v) is 2.80. The number of hydrogen-bond acceptors (Lipinski definition) is 4. The summed E-state index contributed by atoms with van der Waals surface area (Å²) in [6.45, 7) is 6.27. The largest absolute Gasteiger partial charge is 0.481 e. The van der Waals surface area contributed by atoms with Gasteiger partial charge in [0.1, 0.15) is 0 Å². The summed E-state index contributed by atoms with van der Waals surface area (Å²) >= 11 is 1.58. The number of hydrogen-bond donors (Lipinski definition) is 3. The van der Waals surface area contributed by atoms with Gasteiger partial charge < -0.3 is 15.7 Å². The van der Waals surface area contributed by atoms with E-state index in [0.717, 1.165) is 15.6 Å². The summed E-state index contributed by atoms with van der Waals surface area (Å²) in [5.41, 5.74) is 0.946. The van der Waals surface area contributed by atoms with Crippen molar-refractivity contribution in [3.05, 3.63) is 15.6 Å². The van der Waals surface area contributed by atoms with Crippen LogP contribution in [0.15, 0.2) is 0 Å². The van der Waals surface area contributed by atoms with E-state index in [2.05, 4.69) is 15.6 Å². The molecule has 20 heavy (non-hydrogen) atoms. The molecule has 3 N–H and O–H groups in total. The molecule has 0 radical (unpaired) electrons. The topological polar surface area (TPSA) is 91.3 Å². The molecule has 2 amide bonds. The van der Waals surface area contributed by atoms with Crippen LogP contribution >= 0.6 is 11.3 Å². The number of carbonyl (C=O) groups is 2. The summed E-state index contributed by atoms with van der Waals surface area (Å²) in [7, 11) is 0. The molecule has 1 unspecified atom stereocenters. The van der Waals surface area contributed by atoms with Gasteiger partial charge in [0.05, 0.1) is 16.7 Å². The average Bonchev–Trinajstić information content (AvgIpc) is 2.67. The molecule has 0 aliphatic rings. The second kappa shape index (κ2) is 7.84. The van der Waals surface area contributed by atoms with Crippen LogP contribution in [0.25, 0.3) is 0 Å². The molecular weight excluding hydrogens is 278 g/mol. The number of urea groups is 1. The van der Waals surface area contributed by atoms with Gasteiger partial charge in [-0.2, -0.15) is 0 Å². The molecule has 1 aromatic rings. The van der Waals surface area contributed by atoms with E-state index < -0.39 is 5.97 Å². The first-order valence-electron chi connectivity index (χ1n) is 6.60. The summed E-state index contributed by atoms with van der Waals surface area (Å²) in [5, 5.41) is 15.1. The molecule has 0 aliphatic heterocycles. The molecule has 7 heteroatoms. The van der Waals surface area contributed by atoms with Crippen molar-refractivity contribution in [2.75, 3.05) is 6.54 Å². The Labute approximate surface area is 122 Å². The van der Waals surface area contributed by atoms with Crippen LogP contribution in [0.2, 0.25) is 0 Å². The van der Waals surface area contributed by atoms with E-state index in [1.54, 1.807) is 11.3 Å². The molecule has 0 bridgehead atoms. The predicted octanol–water partition coefficient (Wildman–Crippen LogP) is 2.38. The van der Waals surface area contributed by atoms with Crippen molar-refractivity contribution in [1.82, 2.24) is 15.6 Å². The van der Waals surface area contributed by atoms with Gasteiger partial charge >= 0.3 is 12.0 Å². The number of rotatable bonds is 7. The average molecular weight is 299 g/mol. The molecule has 1 aromatic heterocycles. The molecule has 0 saturated heterocycles. The zero-order valence-electron chi connectivity index (χ0n) is 12.0. The Morgan fingerprint density at radius 2 is 2.05 bits per heavy atom. The Bertz CT molecular complexity index is 473. The first-order valence-corrected chi connectivity index (χ1v) is 7.42. The van der Waals surface area contributed by atoms with Crippen LogP contribution in [0.4, 0.5) is 4.79 Å². The highest BCUT2D eigenvalue weighted by molar-refractivity contribution is 7.11. The smallest absolute Gasteiger partial charge is 0.315 e. The van der Waals surface area contributed by atoms with Crippen molar-refractivity contribution in [2.24, 2.45) is 0 Å². The van der Waals surface area contributed by atoms with Gasteiger partial charge in [-0.1, -0.05) is 0 Å². The molecule has 6 nitrogen and oxygen atoms in total. The van der Waals surface area contributed by atoms with E-state index in [-0.39, 0.29) is 18.5 Å². The summed E-state index contributed by atoms with van der Waals surface area (Å²) in [6, 6.07) is -0.321. The number of unbranched alkanes of at least 4 members (excludes halogenated alkanes) is 1. The van der Waals surface area contributed by atoms with Gasteiger partial charge in [-0.05, 0) is 33.6 Å². The maximum Gasteiger partial charge on any atom is 0.315 e. The van der Waals surface area contributed by atoms with Crippen molar-refractivity contribution in [2.45, 2.75) is 46.1 Å². The van der Waals surface area contributed by atoms with E-state index in [1.807, 2.05) is 20.8 Å². The zero-order chi connectivity index (χ0) is 15.1. The molecule has 0 fully saturated rings. The van der Waals surface area contributed by atoms with Gasteiger partial charge in [0.2, 0.25) is 0 Å². The number of aromatic nitrogens is 1. The van der Waals surface area contributed by atoms with Crippen molar-refractivity contribution < 1.29 is 14.7 Å². The maximum absolute atomic E-state index is 11.7. The van der Waals surface area contributed by atoms with Gasteiger partial charge in [-0.25, -0.2) is 9.78 Å². The van der Waals surface area contributed by atoms with Gasteiger partial charge in [-0.3, -0.25) is 4.79 Å². The number of nitrogens with one attached hydrogen (secondary N) is 2. The van der Waals surface area contributed by atoms with Crippen molar-refractivity contribution in [3.8, 4) is 0 Å². The van der Waals surface area contributed by atoms with Gasteiger partial charge in [0.25, 0.3) is 0 Å². The van der Waals surface area contributed by atoms with Crippen molar-refractivity contribution in [3.63, 3.8) is 0 Å². The molecule has 1 heterocycles. The minimum absolute atomic E-state index is 0.0831. The van der Waals surface area contributed by atoms with Crippen LogP contribution in [-0.4, -0.2) is 28.6 Å². The van der Waals surface area contributed by atoms with E-state index in [1.165, 1.54) is 0 Å². The molecule has 0 saturated carbocycles. The number of carboxylic acids is 1. The van der Waals surface area contributed by atoms with Crippen LogP contribution in [-0.2, 0) is 4.79 Å². The minimum Gasteiger partial charge on any atom is -0.481 e. The Morgan fingerprint density at radius 3 is 2.60 bits per heavy atom. The van der Waals surface area contributed by atoms with E-state index in [0.29, 0.717) is 19.4 Å². The number of amides is 2. The van der Waals surface area contributed by atoms with Crippen LogP contribution in [0.1, 0.15) is 47.8 Å². The number of aryl methyl sites for hydroxylation is 2. The van der Waals surface area contributed by atoms with Gasteiger partial charge in [0.15, 0.2) is 0 Å². The summed E-state index contributed by atoms with van der Waals surface area (Å²) < 4.78 is 0. The summed E-state index contributed by atoms with van der Waals surface area (Å²) in [6.07, 6.45) is 1.37. The number of aliphatic carboxylic acids is 1. The number of nitrogens with zero attached hydrogens (tertiary/aromatic N) is 1. The third-order valence-electron chi connectivity index (χ3n) is 2.78. The third-order valence-corrected chi connectivity index (χ3v) is 4.04. The molecular formula is C13H21N3O3S. The SMILES string of the molecule is Cc1nc(C)c(C(C)NC(=O)NCCCCC(=O)O)s1. The summed E-state index contributed by atoms with van der Waals surface area (Å²) in [4.78, 5) is 27.4.